The Morgan fingerprint density at radius 2 is 1.76 bits per heavy atom. The molecule has 0 unspecified atom stereocenters. The first-order valence-corrected chi connectivity index (χ1v) is 6.61. The van der Waals surface area contributed by atoms with Gasteiger partial charge in [0.25, 0.3) is 11.8 Å². The Morgan fingerprint density at radius 3 is 2.52 bits per heavy atom. The van der Waals surface area contributed by atoms with Crippen molar-refractivity contribution in [3.63, 3.8) is 0 Å². The third-order valence-corrected chi connectivity index (χ3v) is 3.74. The van der Waals surface area contributed by atoms with Gasteiger partial charge >= 0.3 is 0 Å². The minimum Gasteiger partial charge on any atom is -0.267 e. The first-order chi connectivity index (χ1) is 10.1. The van der Waals surface area contributed by atoms with E-state index >= 15 is 0 Å². The minimum absolute atomic E-state index is 0.307. The lowest BCUT2D eigenvalue weighted by atomic mass is 9.97. The van der Waals surface area contributed by atoms with Crippen LogP contribution in [0.5, 0.6) is 0 Å². The molecule has 0 fully saturated rings. The number of nitrogens with zero attached hydrogens (tertiary/aromatic N) is 2. The summed E-state index contributed by atoms with van der Waals surface area (Å²) in [5.74, 6) is -1.01. The van der Waals surface area contributed by atoms with Crippen molar-refractivity contribution in [3.05, 3.63) is 70.3 Å². The van der Waals surface area contributed by atoms with E-state index in [2.05, 4.69) is 6.07 Å². The number of imide groups is 1. The van der Waals surface area contributed by atoms with Crippen molar-refractivity contribution in [2.75, 3.05) is 0 Å². The molecule has 4 nitrogen and oxygen atoms in total. The molecule has 2 aromatic rings. The monoisotopic (exact) mass is 296 g/mol. The number of benzene rings is 2. The van der Waals surface area contributed by atoms with Crippen LogP contribution < -0.4 is 0 Å². The predicted octanol–water partition coefficient (Wildman–Crippen LogP) is 2.90. The van der Waals surface area contributed by atoms with Gasteiger partial charge in [0.2, 0.25) is 0 Å². The Labute approximate surface area is 126 Å². The smallest absolute Gasteiger partial charge is 0.267 e. The molecule has 0 radical (unpaired) electrons. The Bertz CT molecular complexity index is 808. The van der Waals surface area contributed by atoms with Gasteiger partial charge in [0.1, 0.15) is 0 Å². The number of fused-ring (bicyclic) bond motifs is 1. The average Bonchev–Trinajstić information content (AvgIpc) is 2.72. The van der Waals surface area contributed by atoms with Gasteiger partial charge in [0, 0.05) is 11.8 Å². The van der Waals surface area contributed by atoms with Crippen LogP contribution in [-0.4, -0.2) is 16.2 Å². The third kappa shape index (κ3) is 2.18. The van der Waals surface area contributed by atoms with Gasteiger partial charge in [-0.25, -0.2) is 0 Å². The molecule has 3 rings (SSSR count). The molecule has 2 amide bonds. The molecule has 0 aliphatic carbocycles. The first-order valence-electron chi connectivity index (χ1n) is 6.27. The van der Waals surface area contributed by atoms with E-state index in [-0.39, 0.29) is 0 Å². The molecule has 0 atom stereocenters. The van der Waals surface area contributed by atoms with Gasteiger partial charge in [0.15, 0.2) is 0 Å². The molecule has 0 N–H and O–H groups in total. The third-order valence-electron chi connectivity index (χ3n) is 3.43. The van der Waals surface area contributed by atoms with Crippen molar-refractivity contribution in [2.45, 2.75) is 6.42 Å². The summed E-state index contributed by atoms with van der Waals surface area (Å²) in [6, 6.07) is 14.5. The second-order valence-corrected chi connectivity index (χ2v) is 5.05. The van der Waals surface area contributed by atoms with Crippen LogP contribution in [0, 0.1) is 11.3 Å². The summed E-state index contributed by atoms with van der Waals surface area (Å²) in [5.41, 5.74) is 2.94. The van der Waals surface area contributed by atoms with E-state index in [1.165, 1.54) is 0 Å². The number of halogens is 1. The molecule has 21 heavy (non-hydrogen) atoms. The van der Waals surface area contributed by atoms with Crippen molar-refractivity contribution < 1.29 is 9.59 Å². The highest BCUT2D eigenvalue weighted by molar-refractivity contribution is 6.39. The SMILES string of the molecule is N#Cc1ccccc1Cc1ccc2c(c1)C(=O)N(Cl)C2=O. The normalized spacial score (nSPS) is 13.2. The number of nitriles is 1. The maximum atomic E-state index is 11.9. The maximum absolute atomic E-state index is 11.9. The highest BCUT2D eigenvalue weighted by Crippen LogP contribution is 2.26. The molecule has 0 saturated carbocycles. The van der Waals surface area contributed by atoms with Gasteiger partial charge in [0.05, 0.1) is 22.8 Å². The maximum Gasteiger partial charge on any atom is 0.276 e. The Hall–Kier alpha value is -2.64. The van der Waals surface area contributed by atoms with Crippen LogP contribution in [0.4, 0.5) is 0 Å². The summed E-state index contributed by atoms with van der Waals surface area (Å²) in [6.45, 7) is 0. The van der Waals surface area contributed by atoms with E-state index in [0.717, 1.165) is 11.1 Å². The van der Waals surface area contributed by atoms with E-state index in [4.69, 9.17) is 17.0 Å². The topological polar surface area (TPSA) is 61.2 Å². The van der Waals surface area contributed by atoms with E-state index < -0.39 is 11.8 Å². The Balaban J connectivity index is 1.98. The number of rotatable bonds is 2. The fourth-order valence-corrected chi connectivity index (χ4v) is 2.55. The molecule has 2 aromatic carbocycles. The van der Waals surface area contributed by atoms with E-state index in [1.54, 1.807) is 30.3 Å². The summed E-state index contributed by atoms with van der Waals surface area (Å²) in [4.78, 5) is 23.6. The van der Waals surface area contributed by atoms with Gasteiger partial charge in [-0.15, -0.1) is 0 Å². The van der Waals surface area contributed by atoms with Crippen molar-refractivity contribution in [2.24, 2.45) is 0 Å². The summed E-state index contributed by atoms with van der Waals surface area (Å²) in [7, 11) is 0. The van der Waals surface area contributed by atoms with Crippen molar-refractivity contribution >= 4 is 23.6 Å². The van der Waals surface area contributed by atoms with Crippen molar-refractivity contribution in [1.29, 1.82) is 5.26 Å². The summed E-state index contributed by atoms with van der Waals surface area (Å²) < 4.78 is 0.595. The fourth-order valence-electron chi connectivity index (χ4n) is 2.37. The quantitative estimate of drug-likeness (QED) is 0.632. The number of amides is 2. The van der Waals surface area contributed by atoms with Crippen molar-refractivity contribution in [3.8, 4) is 6.07 Å². The lowest BCUT2D eigenvalue weighted by Gasteiger charge is -2.05. The number of hydrogen-bond donors (Lipinski definition) is 0. The summed E-state index contributed by atoms with van der Waals surface area (Å²) >= 11 is 5.63. The van der Waals surface area contributed by atoms with Crippen LogP contribution in [0.2, 0.25) is 0 Å². The average molecular weight is 297 g/mol. The zero-order valence-corrected chi connectivity index (χ0v) is 11.6. The van der Waals surface area contributed by atoms with Crippen LogP contribution in [-0.2, 0) is 6.42 Å². The standard InChI is InChI=1S/C16H9ClN2O2/c17-19-15(20)13-6-5-10(8-14(13)16(19)21)7-11-3-1-2-4-12(11)9-18/h1-6,8H,7H2. The van der Waals surface area contributed by atoms with Gasteiger partial charge in [-0.2, -0.15) is 9.68 Å². The molecule has 102 valence electrons. The number of carbonyl (C=O) groups excluding carboxylic acids is 2. The zero-order valence-electron chi connectivity index (χ0n) is 10.8. The number of carbonyl (C=O) groups is 2. The van der Waals surface area contributed by atoms with E-state index in [1.807, 2.05) is 12.1 Å². The molecule has 0 saturated heterocycles. The summed E-state index contributed by atoms with van der Waals surface area (Å²) in [6.07, 6.45) is 0.515. The van der Waals surface area contributed by atoms with Crippen LogP contribution in [0.25, 0.3) is 0 Å². The van der Waals surface area contributed by atoms with Gasteiger partial charge in [-0.1, -0.05) is 24.3 Å². The molecule has 0 spiro atoms. The van der Waals surface area contributed by atoms with E-state index in [9.17, 15) is 9.59 Å². The molecular formula is C16H9ClN2O2. The number of hydrogen-bond acceptors (Lipinski definition) is 3. The van der Waals surface area contributed by atoms with Crippen LogP contribution >= 0.6 is 11.8 Å². The van der Waals surface area contributed by atoms with Gasteiger partial charge < -0.3 is 0 Å². The molecule has 0 aromatic heterocycles. The van der Waals surface area contributed by atoms with E-state index in [0.29, 0.717) is 27.5 Å². The van der Waals surface area contributed by atoms with Gasteiger partial charge in [-0.3, -0.25) is 9.59 Å². The molecule has 1 aliphatic heterocycles. The van der Waals surface area contributed by atoms with Crippen LogP contribution in [0.3, 0.4) is 0 Å². The molecule has 1 aliphatic rings. The van der Waals surface area contributed by atoms with Crippen LogP contribution in [0.15, 0.2) is 42.5 Å². The van der Waals surface area contributed by atoms with Gasteiger partial charge in [-0.05, 0) is 35.7 Å². The largest absolute Gasteiger partial charge is 0.276 e. The highest BCUT2D eigenvalue weighted by atomic mass is 35.5. The molecule has 5 heteroatoms. The predicted molar refractivity (Wildman–Crippen MR) is 76.8 cm³/mol. The van der Waals surface area contributed by atoms with Crippen LogP contribution in [0.1, 0.15) is 37.4 Å². The lowest BCUT2D eigenvalue weighted by molar-refractivity contribution is 0.0767. The molecule has 0 bridgehead atoms. The fraction of sp³-hybridized carbons (Fsp3) is 0.0625. The first kappa shape index (κ1) is 13.3. The second kappa shape index (κ2) is 5.04. The minimum atomic E-state index is -0.507. The Morgan fingerprint density at radius 1 is 1.05 bits per heavy atom. The Kier molecular flexibility index (Phi) is 3.20. The molecule has 1 heterocycles. The highest BCUT2D eigenvalue weighted by Gasteiger charge is 2.34. The zero-order chi connectivity index (χ0) is 15.0. The molecular weight excluding hydrogens is 288 g/mol. The summed E-state index contributed by atoms with van der Waals surface area (Å²) in [5, 5.41) is 9.09. The second-order valence-electron chi connectivity index (χ2n) is 4.72. The lowest BCUT2D eigenvalue weighted by Crippen LogP contribution is -2.18. The van der Waals surface area contributed by atoms with Crippen molar-refractivity contribution in [1.82, 2.24) is 4.42 Å².